The highest BCUT2D eigenvalue weighted by molar-refractivity contribution is 9.10. The lowest BCUT2D eigenvalue weighted by Gasteiger charge is -2.13. The molecule has 1 N–H and O–H groups in total. The van der Waals surface area contributed by atoms with Crippen molar-refractivity contribution < 1.29 is 19.4 Å². The second-order valence-electron chi connectivity index (χ2n) is 3.22. The van der Waals surface area contributed by atoms with Crippen molar-refractivity contribution in [1.82, 2.24) is 0 Å². The highest BCUT2D eigenvalue weighted by atomic mass is 79.9. The van der Waals surface area contributed by atoms with Crippen molar-refractivity contribution in [2.45, 2.75) is 12.5 Å². The highest BCUT2D eigenvalue weighted by Crippen LogP contribution is 2.25. The molecule has 5 heteroatoms. The third kappa shape index (κ3) is 3.21. The molecule has 16 heavy (non-hydrogen) atoms. The summed E-state index contributed by atoms with van der Waals surface area (Å²) in [5.74, 6) is -0.329. The molecule has 0 aromatic heterocycles. The Balaban J connectivity index is 2.91. The average molecular weight is 289 g/mol. The van der Waals surface area contributed by atoms with Crippen molar-refractivity contribution >= 4 is 21.9 Å². The summed E-state index contributed by atoms with van der Waals surface area (Å²) in [6, 6.07) is 5.45. The number of carboxylic acid groups (broad SMARTS) is 1. The second-order valence-corrected chi connectivity index (χ2v) is 4.14. The van der Waals surface area contributed by atoms with Gasteiger partial charge in [-0.2, -0.15) is 0 Å². The number of benzene rings is 1. The van der Waals surface area contributed by atoms with Crippen LogP contribution < -0.4 is 4.74 Å². The van der Waals surface area contributed by atoms with Gasteiger partial charge in [0.15, 0.2) is 6.10 Å². The van der Waals surface area contributed by atoms with Gasteiger partial charge in [-0.3, -0.25) is 0 Å². The van der Waals surface area contributed by atoms with Crippen molar-refractivity contribution in [3.8, 4) is 5.75 Å². The molecule has 0 amide bonds. The lowest BCUT2D eigenvalue weighted by molar-refractivity contribution is -0.148. The first-order valence-electron chi connectivity index (χ1n) is 4.66. The van der Waals surface area contributed by atoms with E-state index in [1.165, 1.54) is 7.11 Å². The summed E-state index contributed by atoms with van der Waals surface area (Å²) in [5, 5.41) is 8.88. The van der Waals surface area contributed by atoms with Gasteiger partial charge < -0.3 is 14.6 Å². The Labute approximate surface area is 102 Å². The van der Waals surface area contributed by atoms with E-state index in [2.05, 4.69) is 15.9 Å². The predicted octanol–water partition coefficient (Wildman–Crippen LogP) is 2.10. The minimum absolute atomic E-state index is 0.280. The summed E-state index contributed by atoms with van der Waals surface area (Å²) < 4.78 is 10.9. The maximum atomic E-state index is 10.8. The van der Waals surface area contributed by atoms with Crippen LogP contribution in [-0.4, -0.2) is 31.4 Å². The SMILES string of the molecule is COc1cc(Br)ccc1CC(OC)C(=O)O. The summed E-state index contributed by atoms with van der Waals surface area (Å²) in [5.41, 5.74) is 0.806. The van der Waals surface area contributed by atoms with Gasteiger partial charge in [0.1, 0.15) is 5.75 Å². The van der Waals surface area contributed by atoms with E-state index in [0.29, 0.717) is 5.75 Å². The van der Waals surface area contributed by atoms with Crippen molar-refractivity contribution in [1.29, 1.82) is 0 Å². The lowest BCUT2D eigenvalue weighted by atomic mass is 10.1. The molecular formula is C11H13BrO4. The van der Waals surface area contributed by atoms with E-state index in [0.717, 1.165) is 10.0 Å². The van der Waals surface area contributed by atoms with Gasteiger partial charge >= 0.3 is 5.97 Å². The Morgan fingerprint density at radius 2 is 2.19 bits per heavy atom. The minimum Gasteiger partial charge on any atom is -0.496 e. The highest BCUT2D eigenvalue weighted by Gasteiger charge is 2.18. The molecule has 0 fully saturated rings. The molecule has 1 rings (SSSR count). The molecule has 4 nitrogen and oxygen atoms in total. The van der Waals surface area contributed by atoms with Gasteiger partial charge in [-0.05, 0) is 17.7 Å². The van der Waals surface area contributed by atoms with Crippen molar-refractivity contribution in [3.05, 3.63) is 28.2 Å². The standard InChI is InChI=1S/C11H13BrO4/c1-15-9-6-8(12)4-3-7(9)5-10(16-2)11(13)14/h3-4,6,10H,5H2,1-2H3,(H,13,14). The Morgan fingerprint density at radius 3 is 2.69 bits per heavy atom. The molecule has 0 bridgehead atoms. The molecule has 0 heterocycles. The Morgan fingerprint density at radius 1 is 1.50 bits per heavy atom. The van der Waals surface area contributed by atoms with E-state index in [1.54, 1.807) is 13.2 Å². The Hall–Kier alpha value is -1.07. The van der Waals surface area contributed by atoms with Crippen LogP contribution in [0, 0.1) is 0 Å². The van der Waals surface area contributed by atoms with Crippen LogP contribution in [0.5, 0.6) is 5.75 Å². The number of halogens is 1. The van der Waals surface area contributed by atoms with Gasteiger partial charge in [0, 0.05) is 18.0 Å². The average Bonchev–Trinajstić information content (AvgIpc) is 2.26. The first-order chi connectivity index (χ1) is 7.58. The molecule has 1 unspecified atom stereocenters. The van der Waals surface area contributed by atoms with Crippen LogP contribution in [0.2, 0.25) is 0 Å². The number of methoxy groups -OCH3 is 2. The molecule has 0 aliphatic heterocycles. The monoisotopic (exact) mass is 288 g/mol. The third-order valence-electron chi connectivity index (χ3n) is 2.21. The molecule has 0 saturated heterocycles. The number of carbonyl (C=O) groups is 1. The zero-order valence-corrected chi connectivity index (χ0v) is 10.7. The number of hydrogen-bond acceptors (Lipinski definition) is 3. The normalized spacial score (nSPS) is 12.2. The topological polar surface area (TPSA) is 55.8 Å². The molecule has 0 aliphatic rings. The smallest absolute Gasteiger partial charge is 0.333 e. The van der Waals surface area contributed by atoms with Gasteiger partial charge in [0.25, 0.3) is 0 Å². The molecule has 88 valence electrons. The van der Waals surface area contributed by atoms with Crippen LogP contribution in [0.25, 0.3) is 0 Å². The molecule has 1 atom stereocenters. The zero-order valence-electron chi connectivity index (χ0n) is 9.07. The Bertz CT molecular complexity index is 378. The third-order valence-corrected chi connectivity index (χ3v) is 2.71. The molecule has 0 radical (unpaired) electrons. The summed E-state index contributed by atoms with van der Waals surface area (Å²) in [6.07, 6.45) is -0.572. The largest absolute Gasteiger partial charge is 0.496 e. The van der Waals surface area contributed by atoms with Gasteiger partial charge in [-0.1, -0.05) is 22.0 Å². The van der Waals surface area contributed by atoms with Crippen LogP contribution >= 0.6 is 15.9 Å². The molecular weight excluding hydrogens is 276 g/mol. The maximum Gasteiger partial charge on any atom is 0.333 e. The van der Waals surface area contributed by atoms with E-state index >= 15 is 0 Å². The summed E-state index contributed by atoms with van der Waals surface area (Å²) in [4.78, 5) is 10.8. The van der Waals surface area contributed by atoms with Gasteiger partial charge in [0.2, 0.25) is 0 Å². The quantitative estimate of drug-likeness (QED) is 0.902. The fraction of sp³-hybridized carbons (Fsp3) is 0.364. The number of hydrogen-bond donors (Lipinski definition) is 1. The van der Waals surface area contributed by atoms with E-state index < -0.39 is 12.1 Å². The fourth-order valence-corrected chi connectivity index (χ4v) is 1.70. The van der Waals surface area contributed by atoms with Crippen LogP contribution in [0.1, 0.15) is 5.56 Å². The van der Waals surface area contributed by atoms with Crippen LogP contribution in [-0.2, 0) is 16.0 Å². The molecule has 1 aromatic rings. The van der Waals surface area contributed by atoms with Crippen molar-refractivity contribution in [2.75, 3.05) is 14.2 Å². The van der Waals surface area contributed by atoms with Crippen molar-refractivity contribution in [2.24, 2.45) is 0 Å². The Kier molecular flexibility index (Phi) is 4.76. The van der Waals surface area contributed by atoms with Crippen LogP contribution in [0.15, 0.2) is 22.7 Å². The maximum absolute atomic E-state index is 10.8. The van der Waals surface area contributed by atoms with Gasteiger partial charge in [-0.25, -0.2) is 4.79 Å². The number of ether oxygens (including phenoxy) is 2. The summed E-state index contributed by atoms with van der Waals surface area (Å²) >= 11 is 3.32. The van der Waals surface area contributed by atoms with Gasteiger partial charge in [0.05, 0.1) is 7.11 Å². The molecule has 0 spiro atoms. The van der Waals surface area contributed by atoms with Gasteiger partial charge in [-0.15, -0.1) is 0 Å². The van der Waals surface area contributed by atoms with E-state index in [4.69, 9.17) is 14.6 Å². The van der Waals surface area contributed by atoms with Crippen LogP contribution in [0.4, 0.5) is 0 Å². The first kappa shape index (κ1) is 13.0. The molecule has 1 aromatic carbocycles. The summed E-state index contributed by atoms with van der Waals surface area (Å²) in [7, 11) is 2.93. The number of carboxylic acids is 1. The fourth-order valence-electron chi connectivity index (χ4n) is 1.36. The molecule has 0 aliphatic carbocycles. The second kappa shape index (κ2) is 5.86. The molecule has 0 saturated carbocycles. The first-order valence-corrected chi connectivity index (χ1v) is 5.45. The van der Waals surface area contributed by atoms with Crippen molar-refractivity contribution in [3.63, 3.8) is 0 Å². The van der Waals surface area contributed by atoms with E-state index in [-0.39, 0.29) is 6.42 Å². The predicted molar refractivity (Wildman–Crippen MR) is 62.8 cm³/mol. The van der Waals surface area contributed by atoms with E-state index in [1.807, 2.05) is 12.1 Å². The summed E-state index contributed by atoms with van der Waals surface area (Å²) in [6.45, 7) is 0. The van der Waals surface area contributed by atoms with Crippen LogP contribution in [0.3, 0.4) is 0 Å². The number of aliphatic carboxylic acids is 1. The lowest BCUT2D eigenvalue weighted by Crippen LogP contribution is -2.25. The minimum atomic E-state index is -0.979. The van der Waals surface area contributed by atoms with E-state index in [9.17, 15) is 4.79 Å². The zero-order chi connectivity index (χ0) is 12.1. The number of rotatable bonds is 5.